The molecule has 11 heteroatoms. The highest BCUT2D eigenvalue weighted by Crippen LogP contribution is 2.41. The lowest BCUT2D eigenvalue weighted by Gasteiger charge is -2.51. The van der Waals surface area contributed by atoms with Crippen molar-refractivity contribution in [2.24, 2.45) is 0 Å². The molecule has 0 radical (unpaired) electrons. The van der Waals surface area contributed by atoms with E-state index in [4.69, 9.17) is 14.6 Å². The zero-order chi connectivity index (χ0) is 26.4. The van der Waals surface area contributed by atoms with Crippen LogP contribution in [0.2, 0.25) is 0 Å². The van der Waals surface area contributed by atoms with Gasteiger partial charge in [0.15, 0.2) is 12.1 Å². The van der Waals surface area contributed by atoms with Gasteiger partial charge in [-0.2, -0.15) is 0 Å². The van der Waals surface area contributed by atoms with Gasteiger partial charge in [0, 0.05) is 19.2 Å². The predicted molar refractivity (Wildman–Crippen MR) is 135 cm³/mol. The van der Waals surface area contributed by atoms with Crippen molar-refractivity contribution in [3.8, 4) is 0 Å². The lowest BCUT2D eigenvalue weighted by molar-refractivity contribution is -0.165. The second kappa shape index (κ2) is 11.9. The van der Waals surface area contributed by atoms with Crippen LogP contribution in [0.4, 0.5) is 4.79 Å². The summed E-state index contributed by atoms with van der Waals surface area (Å²) < 4.78 is 11.4. The Morgan fingerprint density at radius 1 is 1.14 bits per heavy atom. The SMILES string of the molecule is CN(CCO)C(=O)OCC1=CS[C@H]2C(NC=O)C(=O)N2C1C(=O)OC(c1ccccc1)c1ccccc1. The van der Waals surface area contributed by atoms with Crippen LogP contribution in [-0.4, -0.2) is 83.5 Å². The number of ether oxygens (including phenoxy) is 2. The number of esters is 1. The largest absolute Gasteiger partial charge is 0.451 e. The fourth-order valence-electron chi connectivity index (χ4n) is 4.17. The molecule has 2 aromatic rings. The van der Waals surface area contributed by atoms with E-state index in [2.05, 4.69) is 5.32 Å². The van der Waals surface area contributed by atoms with Gasteiger partial charge in [-0.1, -0.05) is 60.7 Å². The third-order valence-corrected chi connectivity index (χ3v) is 7.30. The number of aliphatic hydroxyl groups is 1. The molecule has 1 fully saturated rings. The smallest absolute Gasteiger partial charge is 0.409 e. The Bertz CT molecular complexity index is 1120. The number of rotatable bonds is 10. The first kappa shape index (κ1) is 26.2. The van der Waals surface area contributed by atoms with E-state index in [0.29, 0.717) is 12.0 Å². The van der Waals surface area contributed by atoms with E-state index in [0.717, 1.165) is 11.1 Å². The number of carbonyl (C=O) groups is 4. The Kier molecular flexibility index (Phi) is 8.47. The molecule has 1 saturated heterocycles. The van der Waals surface area contributed by atoms with Gasteiger partial charge in [0.2, 0.25) is 12.3 Å². The third kappa shape index (κ3) is 5.62. The molecule has 2 unspecified atom stereocenters. The number of aliphatic hydroxyl groups excluding tert-OH is 1. The molecule has 0 spiro atoms. The molecule has 2 aliphatic rings. The Labute approximate surface area is 218 Å². The highest BCUT2D eigenvalue weighted by Gasteiger charge is 2.56. The van der Waals surface area contributed by atoms with Crippen molar-refractivity contribution in [1.82, 2.24) is 15.1 Å². The monoisotopic (exact) mass is 525 g/mol. The molecule has 10 nitrogen and oxygen atoms in total. The van der Waals surface area contributed by atoms with Gasteiger partial charge in [-0.25, -0.2) is 9.59 Å². The second-order valence-electron chi connectivity index (χ2n) is 8.47. The number of nitrogens with zero attached hydrogens (tertiary/aromatic N) is 2. The lowest BCUT2D eigenvalue weighted by atomic mass is 9.97. The van der Waals surface area contributed by atoms with Crippen molar-refractivity contribution in [2.45, 2.75) is 23.6 Å². The quantitative estimate of drug-likeness (QED) is 0.273. The maximum absolute atomic E-state index is 13.7. The minimum Gasteiger partial charge on any atom is -0.451 e. The van der Waals surface area contributed by atoms with Crippen LogP contribution in [0.15, 0.2) is 71.6 Å². The summed E-state index contributed by atoms with van der Waals surface area (Å²) in [7, 11) is 1.48. The third-order valence-electron chi connectivity index (χ3n) is 6.09. The minimum atomic E-state index is -1.14. The molecular formula is C26H27N3O7S. The summed E-state index contributed by atoms with van der Waals surface area (Å²) in [4.78, 5) is 52.4. The van der Waals surface area contributed by atoms with E-state index in [-0.39, 0.29) is 19.8 Å². The van der Waals surface area contributed by atoms with Crippen LogP contribution >= 0.6 is 11.8 Å². The number of hydrogen-bond acceptors (Lipinski definition) is 8. The molecule has 2 aliphatic heterocycles. The summed E-state index contributed by atoms with van der Waals surface area (Å²) in [5, 5.41) is 12.7. The average molecular weight is 526 g/mol. The lowest BCUT2D eigenvalue weighted by Crippen LogP contribution is -2.73. The maximum Gasteiger partial charge on any atom is 0.409 e. The number of fused-ring (bicyclic) bond motifs is 1. The van der Waals surface area contributed by atoms with Gasteiger partial charge >= 0.3 is 12.1 Å². The molecule has 2 aromatic carbocycles. The Hall–Kier alpha value is -3.83. The van der Waals surface area contributed by atoms with Gasteiger partial charge in [-0.15, -0.1) is 11.8 Å². The van der Waals surface area contributed by atoms with Gasteiger partial charge in [0.1, 0.15) is 18.0 Å². The van der Waals surface area contributed by atoms with E-state index in [1.54, 1.807) is 5.41 Å². The van der Waals surface area contributed by atoms with Gasteiger partial charge in [-0.3, -0.25) is 9.59 Å². The number of likely N-dealkylation sites (N-methyl/N-ethyl adjacent to an activating group) is 1. The number of nitrogens with one attached hydrogen (secondary N) is 1. The summed E-state index contributed by atoms with van der Waals surface area (Å²) in [6.45, 7) is -0.404. The number of amides is 3. The van der Waals surface area contributed by atoms with Crippen LogP contribution in [0, 0.1) is 0 Å². The first-order valence-electron chi connectivity index (χ1n) is 11.6. The zero-order valence-corrected chi connectivity index (χ0v) is 20.9. The number of thioether (sulfide) groups is 1. The molecule has 2 N–H and O–H groups in total. The zero-order valence-electron chi connectivity index (χ0n) is 20.1. The molecule has 37 heavy (non-hydrogen) atoms. The normalized spacial score (nSPS) is 20.3. The Balaban J connectivity index is 1.60. The van der Waals surface area contributed by atoms with Crippen LogP contribution in [0.25, 0.3) is 0 Å². The molecule has 0 aliphatic carbocycles. The molecule has 194 valence electrons. The molecule has 3 atom stereocenters. The fourth-order valence-corrected chi connectivity index (χ4v) is 5.39. The number of β-lactam (4-membered cyclic amide) rings is 1. The summed E-state index contributed by atoms with van der Waals surface area (Å²) in [5.41, 5.74) is 1.87. The standard InChI is InChI=1S/C26H27N3O7S/c1-28(12-13-30)26(34)35-14-19-15-37-24-20(27-16-31)23(32)29(24)21(19)25(33)36-22(17-8-4-2-5-9-17)18-10-6-3-7-11-18/h2-11,15-16,20-22,24,30H,12-14H2,1H3,(H,27,31)/t20?,21?,24-/m0/s1. The molecule has 2 heterocycles. The molecule has 3 amide bonds. The van der Waals surface area contributed by atoms with Crippen molar-refractivity contribution in [2.75, 3.05) is 26.8 Å². The average Bonchev–Trinajstić information content (AvgIpc) is 2.93. The fraction of sp³-hybridized carbons (Fsp3) is 0.308. The highest BCUT2D eigenvalue weighted by atomic mass is 32.2. The van der Waals surface area contributed by atoms with Gasteiger partial charge in [0.25, 0.3) is 0 Å². The van der Waals surface area contributed by atoms with Crippen LogP contribution in [0.3, 0.4) is 0 Å². The summed E-state index contributed by atoms with van der Waals surface area (Å²) >= 11 is 1.24. The van der Waals surface area contributed by atoms with E-state index in [9.17, 15) is 19.2 Å². The number of benzene rings is 2. The second-order valence-corrected chi connectivity index (χ2v) is 9.46. The van der Waals surface area contributed by atoms with Crippen molar-refractivity contribution < 1.29 is 33.8 Å². The van der Waals surface area contributed by atoms with Crippen LogP contribution < -0.4 is 5.32 Å². The molecule has 4 rings (SSSR count). The van der Waals surface area contributed by atoms with Crippen molar-refractivity contribution in [1.29, 1.82) is 0 Å². The van der Waals surface area contributed by atoms with E-state index in [1.807, 2.05) is 60.7 Å². The number of carbonyl (C=O) groups excluding carboxylic acids is 4. The van der Waals surface area contributed by atoms with Gasteiger partial charge in [0.05, 0.1) is 6.61 Å². The summed E-state index contributed by atoms with van der Waals surface area (Å²) in [6, 6.07) is 16.6. The first-order chi connectivity index (χ1) is 18.0. The minimum absolute atomic E-state index is 0.0830. The van der Waals surface area contributed by atoms with Crippen LogP contribution in [-0.2, 0) is 23.9 Å². The molecular weight excluding hydrogens is 498 g/mol. The number of hydrogen-bond donors (Lipinski definition) is 2. The van der Waals surface area contributed by atoms with Gasteiger partial charge in [-0.05, 0) is 16.5 Å². The van der Waals surface area contributed by atoms with Crippen molar-refractivity contribution >= 4 is 36.1 Å². The predicted octanol–water partition coefficient (Wildman–Crippen LogP) is 1.66. The van der Waals surface area contributed by atoms with E-state index >= 15 is 0 Å². The Morgan fingerprint density at radius 3 is 2.32 bits per heavy atom. The van der Waals surface area contributed by atoms with E-state index in [1.165, 1.54) is 28.6 Å². The molecule has 0 aromatic heterocycles. The highest BCUT2D eigenvalue weighted by molar-refractivity contribution is 8.02. The van der Waals surface area contributed by atoms with Gasteiger partial charge < -0.3 is 29.7 Å². The van der Waals surface area contributed by atoms with E-state index < -0.39 is 41.5 Å². The van der Waals surface area contributed by atoms with Crippen molar-refractivity contribution in [3.05, 3.63) is 82.8 Å². The molecule has 0 saturated carbocycles. The first-order valence-corrected chi connectivity index (χ1v) is 12.6. The topological polar surface area (TPSA) is 125 Å². The van der Waals surface area contributed by atoms with Crippen LogP contribution in [0.1, 0.15) is 17.2 Å². The summed E-state index contributed by atoms with van der Waals surface area (Å²) in [5.74, 6) is -1.12. The van der Waals surface area contributed by atoms with Crippen molar-refractivity contribution in [3.63, 3.8) is 0 Å². The van der Waals surface area contributed by atoms with Crippen LogP contribution in [0.5, 0.6) is 0 Å². The Morgan fingerprint density at radius 2 is 1.76 bits per heavy atom. The maximum atomic E-state index is 13.7. The molecule has 0 bridgehead atoms. The summed E-state index contributed by atoms with van der Waals surface area (Å²) in [6.07, 6.45) is -0.967.